The standard InChI is InChI=1S/C43H71O8P/c1-3-5-7-9-11-13-15-17-19-20-21-22-24-26-28-30-32-34-36-38-43(45)51-41(40-50-52(46,47)48)39-49-42(44)37-35-33-31-29-27-25-23-18-16-14-12-10-8-6-4-2/h5,7,11,13,17-19,21-23,26,28,32,34,41H,3-4,6,8-10,12,14-16,20,24-25,27,29-31,33,35-40H2,1-2H3,(H2,46,47,48)/p-2/b7-5-,13-11-,19-17-,22-21-,23-18-,28-26-,34-32-/t41-/m1/s1. The Hall–Kier alpha value is -2.77. The molecule has 0 aromatic heterocycles. The SMILES string of the molecule is CC/C=C\C/C=C\C/C=C\C/C=C\C/C=C\C/C=C\CCC(=O)O[C@H](COC(=O)CCCCCCC/C=C\CCCCCCCC)COP(=O)([O-])[O-]. The lowest BCUT2D eigenvalue weighted by Crippen LogP contribution is -2.31. The fourth-order valence-corrected chi connectivity index (χ4v) is 5.32. The summed E-state index contributed by atoms with van der Waals surface area (Å²) in [6.45, 7) is 3.29. The molecule has 1 atom stereocenters. The molecule has 0 saturated carbocycles. The second-order valence-corrected chi connectivity index (χ2v) is 14.0. The van der Waals surface area contributed by atoms with Gasteiger partial charge in [0.15, 0.2) is 6.10 Å². The highest BCUT2D eigenvalue weighted by atomic mass is 31.2. The van der Waals surface area contributed by atoms with Crippen molar-refractivity contribution >= 4 is 19.8 Å². The Balaban J connectivity index is 4.12. The van der Waals surface area contributed by atoms with Crippen LogP contribution >= 0.6 is 7.82 Å². The van der Waals surface area contributed by atoms with E-state index in [4.69, 9.17) is 9.47 Å². The van der Waals surface area contributed by atoms with Crippen LogP contribution in [0.25, 0.3) is 0 Å². The maximum absolute atomic E-state index is 12.3. The summed E-state index contributed by atoms with van der Waals surface area (Å²) in [5.74, 6) is -1.07. The van der Waals surface area contributed by atoms with E-state index < -0.39 is 32.5 Å². The first-order chi connectivity index (χ1) is 25.3. The van der Waals surface area contributed by atoms with Gasteiger partial charge in [0.2, 0.25) is 0 Å². The number of rotatable bonds is 35. The summed E-state index contributed by atoms with van der Waals surface area (Å²) in [6, 6.07) is 0. The number of hydrogen-bond donors (Lipinski definition) is 0. The van der Waals surface area contributed by atoms with Crippen molar-refractivity contribution in [3.8, 4) is 0 Å². The molecule has 0 radical (unpaired) electrons. The average molecular weight is 745 g/mol. The van der Waals surface area contributed by atoms with Crippen LogP contribution in [0.1, 0.15) is 155 Å². The highest BCUT2D eigenvalue weighted by Crippen LogP contribution is 2.25. The molecule has 0 bridgehead atoms. The van der Waals surface area contributed by atoms with Gasteiger partial charge in [-0.3, -0.25) is 9.59 Å². The molecule has 0 spiro atoms. The molecule has 0 fully saturated rings. The molecule has 52 heavy (non-hydrogen) atoms. The summed E-state index contributed by atoms with van der Waals surface area (Å²) < 4.78 is 25.7. The third-order valence-electron chi connectivity index (χ3n) is 7.90. The first-order valence-electron chi connectivity index (χ1n) is 19.8. The van der Waals surface area contributed by atoms with Crippen molar-refractivity contribution in [3.05, 3.63) is 85.1 Å². The predicted octanol–water partition coefficient (Wildman–Crippen LogP) is 10.8. The molecule has 0 aliphatic rings. The number of allylic oxidation sites excluding steroid dienone is 14. The van der Waals surface area contributed by atoms with Crippen molar-refractivity contribution in [2.45, 2.75) is 161 Å². The summed E-state index contributed by atoms with van der Waals surface area (Å²) in [4.78, 5) is 46.5. The largest absolute Gasteiger partial charge is 0.790 e. The first-order valence-corrected chi connectivity index (χ1v) is 21.3. The van der Waals surface area contributed by atoms with E-state index in [1.807, 2.05) is 12.2 Å². The fraction of sp³-hybridized carbons (Fsp3) is 0.628. The van der Waals surface area contributed by atoms with Crippen molar-refractivity contribution in [2.75, 3.05) is 13.2 Å². The van der Waals surface area contributed by atoms with Crippen molar-refractivity contribution in [1.82, 2.24) is 0 Å². The van der Waals surface area contributed by atoms with Crippen LogP contribution in [0.3, 0.4) is 0 Å². The molecule has 0 aromatic rings. The number of unbranched alkanes of at least 4 members (excludes halogenated alkanes) is 11. The van der Waals surface area contributed by atoms with Crippen molar-refractivity contribution in [1.29, 1.82) is 0 Å². The van der Waals surface area contributed by atoms with E-state index in [-0.39, 0.29) is 19.4 Å². The van der Waals surface area contributed by atoms with E-state index in [2.05, 4.69) is 91.3 Å². The highest BCUT2D eigenvalue weighted by molar-refractivity contribution is 7.43. The fourth-order valence-electron chi connectivity index (χ4n) is 4.97. The normalized spacial score (nSPS) is 13.4. The third kappa shape index (κ3) is 40.0. The molecule has 0 N–H and O–H groups in total. The second kappa shape index (κ2) is 38.0. The van der Waals surface area contributed by atoms with E-state index in [0.717, 1.165) is 77.0 Å². The number of esters is 2. The monoisotopic (exact) mass is 744 g/mol. The van der Waals surface area contributed by atoms with Crippen LogP contribution in [0, 0.1) is 0 Å². The Morgan fingerprint density at radius 2 is 0.962 bits per heavy atom. The quantitative estimate of drug-likeness (QED) is 0.0272. The molecule has 0 amide bonds. The van der Waals surface area contributed by atoms with E-state index in [1.54, 1.807) is 0 Å². The van der Waals surface area contributed by atoms with Gasteiger partial charge in [-0.25, -0.2) is 0 Å². The van der Waals surface area contributed by atoms with Gasteiger partial charge in [0.05, 0.1) is 14.4 Å². The summed E-state index contributed by atoms with van der Waals surface area (Å²) in [7, 11) is -5.28. The molecule has 296 valence electrons. The van der Waals surface area contributed by atoms with Crippen LogP contribution in [-0.4, -0.2) is 31.3 Å². The van der Waals surface area contributed by atoms with E-state index >= 15 is 0 Å². The summed E-state index contributed by atoms with van der Waals surface area (Å²) in [6.07, 6.45) is 49.9. The molecular formula is C43H69O8P-2. The Morgan fingerprint density at radius 1 is 0.519 bits per heavy atom. The average Bonchev–Trinajstić information content (AvgIpc) is 3.11. The van der Waals surface area contributed by atoms with Gasteiger partial charge < -0.3 is 28.3 Å². The van der Waals surface area contributed by atoms with Crippen LogP contribution in [0.15, 0.2) is 85.1 Å². The summed E-state index contributed by atoms with van der Waals surface area (Å²) in [5.41, 5.74) is 0. The van der Waals surface area contributed by atoms with E-state index in [9.17, 15) is 23.9 Å². The molecule has 0 aliphatic heterocycles. The lowest BCUT2D eigenvalue weighted by molar-refractivity contribution is -0.343. The summed E-state index contributed by atoms with van der Waals surface area (Å²) >= 11 is 0. The van der Waals surface area contributed by atoms with Crippen molar-refractivity contribution in [3.63, 3.8) is 0 Å². The van der Waals surface area contributed by atoms with Gasteiger partial charge in [0, 0.05) is 12.8 Å². The Morgan fingerprint density at radius 3 is 1.46 bits per heavy atom. The lowest BCUT2D eigenvalue weighted by atomic mass is 10.1. The molecule has 8 nitrogen and oxygen atoms in total. The predicted molar refractivity (Wildman–Crippen MR) is 211 cm³/mol. The molecule has 0 unspecified atom stereocenters. The molecule has 0 rings (SSSR count). The maximum atomic E-state index is 12.3. The molecule has 9 heteroatoms. The number of ether oxygens (including phenoxy) is 2. The molecular weight excluding hydrogens is 675 g/mol. The molecule has 0 saturated heterocycles. The number of phosphoric acid groups is 1. The van der Waals surface area contributed by atoms with Crippen LogP contribution in [-0.2, 0) is 28.2 Å². The van der Waals surface area contributed by atoms with E-state index in [1.165, 1.54) is 38.5 Å². The van der Waals surface area contributed by atoms with E-state index in [0.29, 0.717) is 12.8 Å². The second-order valence-electron chi connectivity index (χ2n) is 12.8. The first kappa shape index (κ1) is 49.2. The minimum atomic E-state index is -5.28. The Labute approximate surface area is 316 Å². The van der Waals surface area contributed by atoms with Crippen molar-refractivity contribution < 1.29 is 37.9 Å². The number of hydrogen-bond acceptors (Lipinski definition) is 8. The third-order valence-corrected chi connectivity index (χ3v) is 8.37. The minimum Gasteiger partial charge on any atom is -0.790 e. The van der Waals surface area contributed by atoms with Gasteiger partial charge in [-0.2, -0.15) is 0 Å². The minimum absolute atomic E-state index is 0.0495. The van der Waals surface area contributed by atoms with Crippen LogP contribution < -0.4 is 9.79 Å². The van der Waals surface area contributed by atoms with Gasteiger partial charge in [0.1, 0.15) is 6.61 Å². The topological polar surface area (TPSA) is 125 Å². The molecule has 0 aliphatic carbocycles. The summed E-state index contributed by atoms with van der Waals surface area (Å²) in [5, 5.41) is 0. The zero-order chi connectivity index (χ0) is 38.2. The van der Waals surface area contributed by atoms with Gasteiger partial charge >= 0.3 is 11.9 Å². The smallest absolute Gasteiger partial charge is 0.306 e. The van der Waals surface area contributed by atoms with Gasteiger partial charge in [-0.05, 0) is 77.0 Å². The molecule has 0 heterocycles. The number of carbonyl (C=O) groups is 2. The Kier molecular flexibility index (Phi) is 35.9. The van der Waals surface area contributed by atoms with Crippen LogP contribution in [0.2, 0.25) is 0 Å². The number of phosphoric ester groups is 1. The zero-order valence-corrected chi connectivity index (χ0v) is 33.2. The van der Waals surface area contributed by atoms with Crippen LogP contribution in [0.4, 0.5) is 0 Å². The van der Waals surface area contributed by atoms with Gasteiger partial charge in [-0.1, -0.05) is 150 Å². The molecule has 0 aromatic carbocycles. The lowest BCUT2D eigenvalue weighted by Gasteiger charge is -2.30. The zero-order valence-electron chi connectivity index (χ0n) is 32.3. The maximum Gasteiger partial charge on any atom is 0.306 e. The number of carbonyl (C=O) groups excluding carboxylic acids is 2. The van der Waals surface area contributed by atoms with Gasteiger partial charge in [0.25, 0.3) is 0 Å². The van der Waals surface area contributed by atoms with Crippen molar-refractivity contribution in [2.24, 2.45) is 0 Å². The highest BCUT2D eigenvalue weighted by Gasteiger charge is 2.18. The Bertz CT molecular complexity index is 1110. The van der Waals surface area contributed by atoms with Gasteiger partial charge in [-0.15, -0.1) is 0 Å². The van der Waals surface area contributed by atoms with Crippen LogP contribution in [0.5, 0.6) is 0 Å².